The van der Waals surface area contributed by atoms with Crippen molar-refractivity contribution in [3.8, 4) is 0 Å². The summed E-state index contributed by atoms with van der Waals surface area (Å²) >= 11 is 7.65. The van der Waals surface area contributed by atoms with E-state index in [0.717, 1.165) is 21.4 Å². The molecule has 2 heterocycles. The Labute approximate surface area is 124 Å². The SMILES string of the molecule is Cc1nnc(Sc2cc3c(cc2Cl)C(N)C(=O)N3)n1C. The summed E-state index contributed by atoms with van der Waals surface area (Å²) in [7, 11) is 1.89. The zero-order valence-corrected chi connectivity index (χ0v) is 12.4. The highest BCUT2D eigenvalue weighted by Crippen LogP contribution is 2.40. The predicted molar refractivity (Wildman–Crippen MR) is 76.9 cm³/mol. The van der Waals surface area contributed by atoms with Crippen LogP contribution < -0.4 is 11.1 Å². The summed E-state index contributed by atoms with van der Waals surface area (Å²) in [5.41, 5.74) is 7.21. The number of rotatable bonds is 2. The topological polar surface area (TPSA) is 85.8 Å². The van der Waals surface area contributed by atoms with Crippen LogP contribution in [0.1, 0.15) is 17.4 Å². The van der Waals surface area contributed by atoms with E-state index in [1.807, 2.05) is 24.6 Å². The quantitative estimate of drug-likeness (QED) is 0.884. The number of hydrogen-bond donors (Lipinski definition) is 2. The second-order valence-corrected chi connectivity index (χ2v) is 5.94. The van der Waals surface area contributed by atoms with E-state index in [4.69, 9.17) is 17.3 Å². The van der Waals surface area contributed by atoms with Gasteiger partial charge in [-0.15, -0.1) is 10.2 Å². The first kappa shape index (κ1) is 13.4. The zero-order valence-electron chi connectivity index (χ0n) is 10.8. The van der Waals surface area contributed by atoms with Gasteiger partial charge in [0.2, 0.25) is 5.91 Å². The third-order valence-corrected chi connectivity index (χ3v) is 4.75. The van der Waals surface area contributed by atoms with Crippen molar-refractivity contribution in [3.63, 3.8) is 0 Å². The van der Waals surface area contributed by atoms with E-state index >= 15 is 0 Å². The molecule has 0 saturated carbocycles. The highest BCUT2D eigenvalue weighted by atomic mass is 35.5. The van der Waals surface area contributed by atoms with Crippen LogP contribution in [-0.2, 0) is 11.8 Å². The van der Waals surface area contributed by atoms with Gasteiger partial charge < -0.3 is 15.6 Å². The number of nitrogens with two attached hydrogens (primary N) is 1. The van der Waals surface area contributed by atoms with Gasteiger partial charge in [-0.25, -0.2) is 0 Å². The molecule has 0 aliphatic carbocycles. The van der Waals surface area contributed by atoms with Crippen LogP contribution in [0.4, 0.5) is 5.69 Å². The Morgan fingerprint density at radius 3 is 2.85 bits per heavy atom. The molecule has 1 amide bonds. The molecule has 1 aliphatic heterocycles. The van der Waals surface area contributed by atoms with Gasteiger partial charge >= 0.3 is 0 Å². The fourth-order valence-electron chi connectivity index (χ4n) is 1.94. The van der Waals surface area contributed by atoms with Crippen molar-refractivity contribution in [2.45, 2.75) is 23.0 Å². The Morgan fingerprint density at radius 2 is 2.20 bits per heavy atom. The lowest BCUT2D eigenvalue weighted by Crippen LogP contribution is -2.19. The number of carbonyl (C=O) groups is 1. The number of nitrogens with one attached hydrogen (secondary N) is 1. The van der Waals surface area contributed by atoms with Crippen LogP contribution in [-0.4, -0.2) is 20.7 Å². The molecule has 1 aliphatic rings. The molecule has 2 aromatic rings. The van der Waals surface area contributed by atoms with Gasteiger partial charge in [0.15, 0.2) is 5.16 Å². The molecule has 0 fully saturated rings. The first-order valence-electron chi connectivity index (χ1n) is 5.91. The average molecular weight is 310 g/mol. The largest absolute Gasteiger partial charge is 0.324 e. The van der Waals surface area contributed by atoms with Crippen LogP contribution in [0.5, 0.6) is 0 Å². The third-order valence-electron chi connectivity index (χ3n) is 3.23. The normalized spacial score (nSPS) is 17.2. The van der Waals surface area contributed by atoms with Crippen molar-refractivity contribution in [1.29, 1.82) is 0 Å². The van der Waals surface area contributed by atoms with E-state index in [-0.39, 0.29) is 5.91 Å². The highest BCUT2D eigenvalue weighted by Gasteiger charge is 2.28. The van der Waals surface area contributed by atoms with Crippen LogP contribution in [0.2, 0.25) is 5.02 Å². The molecule has 104 valence electrons. The summed E-state index contributed by atoms with van der Waals surface area (Å²) in [5.74, 6) is 0.604. The van der Waals surface area contributed by atoms with Crippen molar-refractivity contribution in [1.82, 2.24) is 14.8 Å². The van der Waals surface area contributed by atoms with Crippen molar-refractivity contribution in [3.05, 3.63) is 28.5 Å². The molecule has 0 bridgehead atoms. The summed E-state index contributed by atoms with van der Waals surface area (Å²) in [6.07, 6.45) is 0. The molecular weight excluding hydrogens is 298 g/mol. The van der Waals surface area contributed by atoms with Crippen LogP contribution in [0.3, 0.4) is 0 Å². The minimum atomic E-state index is -0.654. The number of nitrogens with zero attached hydrogens (tertiary/aromatic N) is 3. The molecule has 3 N–H and O–H groups in total. The second-order valence-electron chi connectivity index (χ2n) is 4.53. The van der Waals surface area contributed by atoms with E-state index in [2.05, 4.69) is 15.5 Å². The van der Waals surface area contributed by atoms with E-state index in [0.29, 0.717) is 10.7 Å². The Bertz CT molecular complexity index is 714. The van der Waals surface area contributed by atoms with Crippen molar-refractivity contribution >= 4 is 35.0 Å². The predicted octanol–water partition coefficient (Wildman–Crippen LogP) is 1.88. The number of hydrogen-bond acceptors (Lipinski definition) is 5. The smallest absolute Gasteiger partial charge is 0.245 e. The highest BCUT2D eigenvalue weighted by molar-refractivity contribution is 7.99. The molecule has 6 nitrogen and oxygen atoms in total. The molecule has 0 radical (unpaired) electrons. The number of benzene rings is 1. The standard InChI is InChI=1S/C12H12ClN5OS/c1-5-16-17-12(18(5)2)20-9-4-8-6(3-7(9)13)10(14)11(19)15-8/h3-4,10H,14H2,1-2H3,(H,15,19). The summed E-state index contributed by atoms with van der Waals surface area (Å²) in [6.45, 7) is 1.88. The molecule has 0 spiro atoms. The molecule has 20 heavy (non-hydrogen) atoms. The minimum absolute atomic E-state index is 0.215. The van der Waals surface area contributed by atoms with Gasteiger partial charge in [-0.1, -0.05) is 11.6 Å². The molecule has 8 heteroatoms. The molecular formula is C12H12ClN5OS. The maximum Gasteiger partial charge on any atom is 0.245 e. The first-order valence-corrected chi connectivity index (χ1v) is 7.10. The Balaban J connectivity index is 1.98. The third kappa shape index (κ3) is 2.07. The molecule has 0 saturated heterocycles. The Hall–Kier alpha value is -1.57. The summed E-state index contributed by atoms with van der Waals surface area (Å²) < 4.78 is 1.87. The number of anilines is 1. The fraction of sp³-hybridized carbons (Fsp3) is 0.250. The lowest BCUT2D eigenvalue weighted by atomic mass is 10.1. The van der Waals surface area contributed by atoms with E-state index in [1.54, 1.807) is 6.07 Å². The van der Waals surface area contributed by atoms with Crippen LogP contribution in [0.25, 0.3) is 0 Å². The fourth-order valence-corrected chi connectivity index (χ4v) is 3.11. The minimum Gasteiger partial charge on any atom is -0.324 e. The molecule has 1 unspecified atom stereocenters. The van der Waals surface area contributed by atoms with Gasteiger partial charge in [0, 0.05) is 23.2 Å². The van der Waals surface area contributed by atoms with Crippen molar-refractivity contribution in [2.24, 2.45) is 12.8 Å². The Kier molecular flexibility index (Phi) is 3.19. The first-order chi connectivity index (χ1) is 9.47. The Morgan fingerprint density at radius 1 is 1.45 bits per heavy atom. The summed E-state index contributed by atoms with van der Waals surface area (Å²) in [4.78, 5) is 12.4. The monoisotopic (exact) mass is 309 g/mol. The van der Waals surface area contributed by atoms with E-state index in [9.17, 15) is 4.79 Å². The lowest BCUT2D eigenvalue weighted by Gasteiger charge is -2.08. The van der Waals surface area contributed by atoms with Gasteiger partial charge in [0.1, 0.15) is 11.9 Å². The van der Waals surface area contributed by atoms with Crippen LogP contribution in [0.15, 0.2) is 22.2 Å². The maximum atomic E-state index is 11.6. The van der Waals surface area contributed by atoms with Crippen molar-refractivity contribution in [2.75, 3.05) is 5.32 Å². The average Bonchev–Trinajstić information content (AvgIpc) is 2.86. The number of fused-ring (bicyclic) bond motifs is 1. The number of aryl methyl sites for hydroxylation is 1. The zero-order chi connectivity index (χ0) is 14.4. The number of carbonyl (C=O) groups excluding carboxylic acids is 1. The number of halogens is 1. The molecule has 1 aromatic heterocycles. The molecule has 1 atom stereocenters. The van der Waals surface area contributed by atoms with E-state index < -0.39 is 6.04 Å². The maximum absolute atomic E-state index is 11.6. The van der Waals surface area contributed by atoms with Crippen LogP contribution >= 0.6 is 23.4 Å². The van der Waals surface area contributed by atoms with Crippen LogP contribution in [0, 0.1) is 6.92 Å². The van der Waals surface area contributed by atoms with Gasteiger partial charge in [-0.05, 0) is 30.8 Å². The molecule has 1 aromatic carbocycles. The number of amides is 1. The summed E-state index contributed by atoms with van der Waals surface area (Å²) in [6, 6.07) is 2.89. The van der Waals surface area contributed by atoms with Crippen molar-refractivity contribution < 1.29 is 4.79 Å². The van der Waals surface area contributed by atoms with Gasteiger partial charge in [0.05, 0.1) is 5.02 Å². The number of aromatic nitrogens is 3. The van der Waals surface area contributed by atoms with Gasteiger partial charge in [0.25, 0.3) is 0 Å². The van der Waals surface area contributed by atoms with Gasteiger partial charge in [-0.2, -0.15) is 0 Å². The second kappa shape index (κ2) is 4.76. The molecule has 3 rings (SSSR count). The van der Waals surface area contributed by atoms with Gasteiger partial charge in [-0.3, -0.25) is 4.79 Å². The lowest BCUT2D eigenvalue weighted by molar-refractivity contribution is -0.116. The van der Waals surface area contributed by atoms with E-state index in [1.165, 1.54) is 11.8 Å². The summed E-state index contributed by atoms with van der Waals surface area (Å²) in [5, 5.41) is 12.1.